The Bertz CT molecular complexity index is 782. The van der Waals surface area contributed by atoms with Crippen LogP contribution in [0.2, 0.25) is 0 Å². The zero-order chi connectivity index (χ0) is 24.3. The molecule has 0 aromatic rings. The van der Waals surface area contributed by atoms with E-state index in [9.17, 15) is 19.2 Å². The third kappa shape index (κ3) is 5.17. The fourth-order valence-electron chi connectivity index (χ4n) is 6.03. The molecule has 0 aromatic carbocycles. The highest BCUT2D eigenvalue weighted by molar-refractivity contribution is 5.95. The van der Waals surface area contributed by atoms with E-state index in [-0.39, 0.29) is 62.2 Å². The number of piperidine rings is 6. The minimum Gasteiger partial charge on any atom is -0.460 e. The lowest BCUT2D eigenvalue weighted by Gasteiger charge is -2.51. The van der Waals surface area contributed by atoms with E-state index in [2.05, 4.69) is 0 Å². The molecule has 0 amide bonds. The average Bonchev–Trinajstić information content (AvgIpc) is 2.86. The van der Waals surface area contributed by atoms with E-state index in [0.717, 1.165) is 64.0 Å². The van der Waals surface area contributed by atoms with Crippen LogP contribution in [0.5, 0.6) is 0 Å². The molecule has 6 rings (SSSR count). The van der Waals surface area contributed by atoms with Crippen LogP contribution in [0.15, 0.2) is 12.2 Å². The van der Waals surface area contributed by atoms with Gasteiger partial charge in [-0.3, -0.25) is 19.4 Å². The Labute approximate surface area is 211 Å². The van der Waals surface area contributed by atoms with E-state index in [0.29, 0.717) is 0 Å². The first-order chi connectivity index (χ1) is 16.4. The third-order valence-electron chi connectivity index (χ3n) is 7.89. The van der Waals surface area contributed by atoms with E-state index in [1.165, 1.54) is 14.2 Å². The number of halogens is 1. The Morgan fingerprint density at radius 1 is 0.743 bits per heavy atom. The third-order valence-corrected chi connectivity index (χ3v) is 7.89. The Morgan fingerprint density at radius 2 is 1.09 bits per heavy atom. The van der Waals surface area contributed by atoms with Gasteiger partial charge in [0, 0.05) is 64.4 Å². The van der Waals surface area contributed by atoms with Crippen molar-refractivity contribution in [2.75, 3.05) is 66.8 Å². The van der Waals surface area contributed by atoms with Crippen molar-refractivity contribution in [1.82, 2.24) is 9.80 Å². The van der Waals surface area contributed by atoms with Gasteiger partial charge in [0.05, 0.1) is 13.2 Å². The van der Waals surface area contributed by atoms with Crippen molar-refractivity contribution in [2.45, 2.75) is 36.8 Å². The van der Waals surface area contributed by atoms with Crippen LogP contribution in [0.1, 0.15) is 25.7 Å². The van der Waals surface area contributed by atoms with Crippen LogP contribution >= 0.6 is 12.4 Å². The van der Waals surface area contributed by atoms with Gasteiger partial charge in [-0.15, -0.1) is 12.4 Å². The van der Waals surface area contributed by atoms with Crippen molar-refractivity contribution >= 4 is 35.9 Å². The van der Waals surface area contributed by atoms with E-state index >= 15 is 0 Å². The molecule has 0 N–H and O–H groups in total. The largest absolute Gasteiger partial charge is 0.460 e. The first-order valence-corrected chi connectivity index (χ1v) is 11.9. The predicted octanol–water partition coefficient (Wildman–Crippen LogP) is 0.411. The molecular formula is C24H35ClN2O8. The monoisotopic (exact) mass is 514 g/mol. The molecular weight excluding hydrogens is 480 g/mol. The lowest BCUT2D eigenvalue weighted by atomic mass is 9.74. The van der Waals surface area contributed by atoms with Gasteiger partial charge in [-0.1, -0.05) is 0 Å². The molecule has 4 bridgehead atoms. The number of rotatable bonds is 10. The van der Waals surface area contributed by atoms with Crippen molar-refractivity contribution in [3.05, 3.63) is 12.2 Å². The van der Waals surface area contributed by atoms with Crippen LogP contribution < -0.4 is 0 Å². The summed E-state index contributed by atoms with van der Waals surface area (Å²) in [4.78, 5) is 54.5. The molecule has 196 valence electrons. The maximum atomic E-state index is 12.9. The highest BCUT2D eigenvalue weighted by Crippen LogP contribution is 2.38. The molecule has 11 heteroatoms. The molecule has 2 atom stereocenters. The summed E-state index contributed by atoms with van der Waals surface area (Å²) in [6.07, 6.45) is 5.23. The minimum absolute atomic E-state index is 0. The number of fused-ring (bicyclic) bond motifs is 6. The van der Waals surface area contributed by atoms with E-state index in [1.807, 2.05) is 9.80 Å². The number of esters is 2. The Hall–Kier alpha value is -1.85. The van der Waals surface area contributed by atoms with Crippen LogP contribution in [0.25, 0.3) is 0 Å². The topological polar surface area (TPSA) is 112 Å². The molecule has 0 aromatic heterocycles. The fraction of sp³-hybridized carbons (Fsp3) is 0.750. The molecule has 0 saturated carbocycles. The molecule has 6 aliphatic rings. The maximum Gasteiger partial charge on any atom is 0.331 e. The normalized spacial score (nSPS) is 35.7. The predicted molar refractivity (Wildman–Crippen MR) is 126 cm³/mol. The molecule has 6 heterocycles. The quantitative estimate of drug-likeness (QED) is 0.300. The van der Waals surface area contributed by atoms with Gasteiger partial charge in [-0.25, -0.2) is 9.59 Å². The summed E-state index contributed by atoms with van der Waals surface area (Å²) in [6.45, 7) is 3.09. The van der Waals surface area contributed by atoms with Gasteiger partial charge < -0.3 is 18.9 Å². The molecule has 10 nitrogen and oxygen atoms in total. The van der Waals surface area contributed by atoms with Crippen molar-refractivity contribution in [2.24, 2.45) is 11.8 Å². The molecule has 0 aliphatic carbocycles. The Kier molecular flexibility index (Phi) is 9.09. The molecule has 0 spiro atoms. The zero-order valence-corrected chi connectivity index (χ0v) is 21.2. The van der Waals surface area contributed by atoms with Gasteiger partial charge in [0.1, 0.15) is 24.3 Å². The lowest BCUT2D eigenvalue weighted by molar-refractivity contribution is -0.167. The minimum atomic E-state index is -0.971. The van der Waals surface area contributed by atoms with Crippen molar-refractivity contribution in [3.8, 4) is 0 Å². The van der Waals surface area contributed by atoms with Crippen molar-refractivity contribution in [1.29, 1.82) is 0 Å². The second-order valence-corrected chi connectivity index (χ2v) is 9.73. The zero-order valence-electron chi connectivity index (χ0n) is 20.4. The Balaban J connectivity index is 0.00000342. The summed E-state index contributed by atoms with van der Waals surface area (Å²) >= 11 is 0. The highest BCUT2D eigenvalue weighted by Gasteiger charge is 2.55. The molecule has 6 saturated heterocycles. The van der Waals surface area contributed by atoms with Gasteiger partial charge in [-0.2, -0.15) is 0 Å². The van der Waals surface area contributed by atoms with Crippen molar-refractivity contribution in [3.63, 3.8) is 0 Å². The van der Waals surface area contributed by atoms with E-state index < -0.39 is 23.0 Å². The first-order valence-electron chi connectivity index (χ1n) is 11.9. The second kappa shape index (κ2) is 11.5. The number of methoxy groups -OCH3 is 2. The summed E-state index contributed by atoms with van der Waals surface area (Å²) in [5.41, 5.74) is -1.94. The number of Topliss-reactive ketones (excluding diaryl/α,β-unsaturated/α-hetero) is 2. The Morgan fingerprint density at radius 3 is 1.37 bits per heavy atom. The van der Waals surface area contributed by atoms with Crippen LogP contribution in [0.3, 0.4) is 0 Å². The standard InChI is InChI=1S/C24H34N2O8.ClH/c1-31-13-23(21(29)17-5-9-25(23)10-6-17)15-33-19(27)3-4-20(28)34-16-24(14-32-2)22(30)18-7-11-26(24)12-8-18;/h3-4,17-18H,5-16H2,1-2H3;1H/b4-3+;. The lowest BCUT2D eigenvalue weighted by Crippen LogP contribution is -2.69. The number of ketones is 2. The van der Waals surface area contributed by atoms with Gasteiger partial charge >= 0.3 is 11.9 Å². The van der Waals surface area contributed by atoms with Gasteiger partial charge in [0.2, 0.25) is 0 Å². The molecule has 6 fully saturated rings. The van der Waals surface area contributed by atoms with Crippen LogP contribution in [0.4, 0.5) is 0 Å². The van der Waals surface area contributed by atoms with Gasteiger partial charge in [-0.05, 0) is 25.7 Å². The fourth-order valence-corrected chi connectivity index (χ4v) is 6.03. The second-order valence-electron chi connectivity index (χ2n) is 9.73. The average molecular weight is 515 g/mol. The number of nitrogens with zero attached hydrogens (tertiary/aromatic N) is 2. The van der Waals surface area contributed by atoms with Gasteiger partial charge in [0.15, 0.2) is 11.6 Å². The summed E-state index contributed by atoms with van der Waals surface area (Å²) in [5.74, 6) is -1.45. The van der Waals surface area contributed by atoms with Gasteiger partial charge in [0.25, 0.3) is 0 Å². The highest BCUT2D eigenvalue weighted by atomic mass is 35.5. The van der Waals surface area contributed by atoms with Crippen LogP contribution in [0, 0.1) is 11.8 Å². The molecule has 35 heavy (non-hydrogen) atoms. The number of hydrogen-bond donors (Lipinski definition) is 0. The van der Waals surface area contributed by atoms with E-state index in [4.69, 9.17) is 18.9 Å². The summed E-state index contributed by atoms with van der Waals surface area (Å²) in [5, 5.41) is 0. The summed E-state index contributed by atoms with van der Waals surface area (Å²) in [6, 6.07) is 0. The first kappa shape index (κ1) is 27.7. The number of hydrogen-bond acceptors (Lipinski definition) is 10. The number of carbonyl (C=O) groups excluding carboxylic acids is 4. The smallest absolute Gasteiger partial charge is 0.331 e. The SMILES string of the molecule is COCC1(COC(=O)/C=C/C(=O)OCC2(COC)C(=O)C3CCN2CC3)C(=O)C2CCN1CC2.Cl. The maximum absolute atomic E-state index is 12.9. The van der Waals surface area contributed by atoms with E-state index in [1.54, 1.807) is 0 Å². The molecule has 6 aliphatic heterocycles. The number of carbonyl (C=O) groups is 4. The number of ether oxygens (including phenoxy) is 4. The summed E-state index contributed by atoms with van der Waals surface area (Å²) < 4.78 is 21.3. The molecule has 2 unspecified atom stereocenters. The molecule has 0 radical (unpaired) electrons. The van der Waals surface area contributed by atoms with Crippen molar-refractivity contribution < 1.29 is 38.1 Å². The van der Waals surface area contributed by atoms with Crippen LogP contribution in [-0.2, 0) is 38.1 Å². The summed E-state index contributed by atoms with van der Waals surface area (Å²) in [7, 11) is 3.04. The van der Waals surface area contributed by atoms with Crippen LogP contribution in [-0.4, -0.2) is 111 Å².